The van der Waals surface area contributed by atoms with E-state index in [1.54, 1.807) is 7.11 Å². The van der Waals surface area contributed by atoms with Gasteiger partial charge in [0.2, 0.25) is 11.8 Å². The van der Waals surface area contributed by atoms with Crippen LogP contribution in [-0.2, 0) is 43.9 Å². The smallest absolute Gasteiger partial charge is 0.220 e. The van der Waals surface area contributed by atoms with E-state index in [0.717, 1.165) is 73.4 Å². The van der Waals surface area contributed by atoms with Gasteiger partial charge in [-0.1, -0.05) is 78.9 Å². The molecule has 6 rings (SSSR count). The van der Waals surface area contributed by atoms with E-state index in [1.165, 1.54) is 16.7 Å². The SMILES string of the molecule is CCC1c2nc(Cc3ccccc3)c(o2)N(Cc2ccccc2)Cc2cn(nn2)CCCCN1Cc1ccc(OC(C)C)c(COC)c1. The molecule has 1 unspecified atom stereocenters. The fourth-order valence-electron chi connectivity index (χ4n) is 6.50. The first-order valence-corrected chi connectivity index (χ1v) is 17.2. The molecule has 252 valence electrons. The fraction of sp³-hybridized carbons (Fsp3) is 0.410. The van der Waals surface area contributed by atoms with Crippen LogP contribution in [0.2, 0.25) is 0 Å². The lowest BCUT2D eigenvalue weighted by Gasteiger charge is -2.30. The van der Waals surface area contributed by atoms with Crippen molar-refractivity contribution in [2.75, 3.05) is 18.6 Å². The quantitative estimate of drug-likeness (QED) is 0.144. The van der Waals surface area contributed by atoms with Gasteiger partial charge in [-0.15, -0.1) is 5.10 Å². The third kappa shape index (κ3) is 8.51. The number of nitrogens with zero attached hydrogens (tertiary/aromatic N) is 6. The van der Waals surface area contributed by atoms with Crippen molar-refractivity contribution in [3.8, 4) is 5.75 Å². The number of hydrogen-bond donors (Lipinski definition) is 0. The summed E-state index contributed by atoms with van der Waals surface area (Å²) in [7, 11) is 1.73. The number of anilines is 1. The Balaban J connectivity index is 1.40. The fourth-order valence-corrected chi connectivity index (χ4v) is 6.50. The van der Waals surface area contributed by atoms with E-state index in [4.69, 9.17) is 18.9 Å². The predicted octanol–water partition coefficient (Wildman–Crippen LogP) is 7.74. The summed E-state index contributed by atoms with van der Waals surface area (Å²) in [5.41, 5.74) is 6.51. The Morgan fingerprint density at radius 2 is 1.65 bits per heavy atom. The van der Waals surface area contributed by atoms with Gasteiger partial charge in [-0.05, 0) is 68.5 Å². The van der Waals surface area contributed by atoms with Gasteiger partial charge in [-0.25, -0.2) is 4.98 Å². The summed E-state index contributed by atoms with van der Waals surface area (Å²) in [5.74, 6) is 2.42. The van der Waals surface area contributed by atoms with Crippen molar-refractivity contribution in [3.05, 3.63) is 125 Å². The van der Waals surface area contributed by atoms with E-state index in [2.05, 4.69) is 126 Å². The average Bonchev–Trinajstić information content (AvgIpc) is 3.71. The summed E-state index contributed by atoms with van der Waals surface area (Å²) in [6, 6.07) is 27.5. The topological polar surface area (TPSA) is 81.7 Å². The maximum atomic E-state index is 6.94. The summed E-state index contributed by atoms with van der Waals surface area (Å²) in [4.78, 5) is 10.1. The van der Waals surface area contributed by atoms with Crippen LogP contribution in [0.3, 0.4) is 0 Å². The zero-order valence-corrected chi connectivity index (χ0v) is 28.7. The number of oxazole rings is 1. The molecule has 1 atom stereocenters. The van der Waals surface area contributed by atoms with E-state index >= 15 is 0 Å². The number of ether oxygens (including phenoxy) is 2. The zero-order valence-electron chi connectivity index (χ0n) is 28.7. The summed E-state index contributed by atoms with van der Waals surface area (Å²) in [6.07, 6.45) is 5.70. The van der Waals surface area contributed by atoms with Gasteiger partial charge in [-0.3, -0.25) is 9.58 Å². The van der Waals surface area contributed by atoms with Crippen LogP contribution in [0.4, 0.5) is 5.88 Å². The lowest BCUT2D eigenvalue weighted by atomic mass is 10.1. The molecule has 3 aromatic carbocycles. The molecule has 0 saturated carbocycles. The van der Waals surface area contributed by atoms with Crippen LogP contribution >= 0.6 is 0 Å². The van der Waals surface area contributed by atoms with Crippen molar-refractivity contribution >= 4 is 5.88 Å². The highest BCUT2D eigenvalue weighted by molar-refractivity contribution is 5.45. The number of rotatable bonds is 11. The Labute approximate surface area is 284 Å². The third-order valence-corrected chi connectivity index (χ3v) is 8.72. The summed E-state index contributed by atoms with van der Waals surface area (Å²) >= 11 is 0. The molecular weight excluding hydrogens is 600 g/mol. The minimum Gasteiger partial charge on any atom is -0.491 e. The van der Waals surface area contributed by atoms with Gasteiger partial charge < -0.3 is 18.8 Å². The Hall–Kier alpha value is -4.47. The number of hydrogen-bond acceptors (Lipinski definition) is 8. The highest BCUT2D eigenvalue weighted by atomic mass is 16.5. The van der Waals surface area contributed by atoms with Crippen molar-refractivity contribution in [2.24, 2.45) is 0 Å². The van der Waals surface area contributed by atoms with Gasteiger partial charge in [-0.2, -0.15) is 0 Å². The average molecular weight is 649 g/mol. The first kappa shape index (κ1) is 33.4. The number of fused-ring (bicyclic) bond motifs is 4. The summed E-state index contributed by atoms with van der Waals surface area (Å²) in [6.45, 7) is 10.5. The van der Waals surface area contributed by atoms with Crippen molar-refractivity contribution in [1.82, 2.24) is 24.9 Å². The van der Waals surface area contributed by atoms with E-state index in [1.807, 2.05) is 4.68 Å². The molecule has 0 fully saturated rings. The van der Waals surface area contributed by atoms with Crippen molar-refractivity contribution in [3.63, 3.8) is 0 Å². The lowest BCUT2D eigenvalue weighted by Crippen LogP contribution is -2.30. The Morgan fingerprint density at radius 1 is 0.896 bits per heavy atom. The lowest BCUT2D eigenvalue weighted by molar-refractivity contribution is 0.152. The largest absolute Gasteiger partial charge is 0.491 e. The maximum absolute atomic E-state index is 6.94. The van der Waals surface area contributed by atoms with Crippen molar-refractivity contribution in [2.45, 2.75) is 91.4 Å². The predicted molar refractivity (Wildman–Crippen MR) is 188 cm³/mol. The van der Waals surface area contributed by atoms with Gasteiger partial charge in [0.15, 0.2) is 0 Å². The molecule has 9 heteroatoms. The van der Waals surface area contributed by atoms with Gasteiger partial charge in [0.25, 0.3) is 0 Å². The van der Waals surface area contributed by atoms with E-state index in [0.29, 0.717) is 26.1 Å². The minimum atomic E-state index is -0.00197. The molecule has 0 aliphatic carbocycles. The molecule has 9 nitrogen and oxygen atoms in total. The number of aromatic nitrogens is 4. The third-order valence-electron chi connectivity index (χ3n) is 8.72. The van der Waals surface area contributed by atoms with E-state index in [9.17, 15) is 0 Å². The van der Waals surface area contributed by atoms with Crippen LogP contribution in [0.15, 0.2) is 89.5 Å². The second-order valence-corrected chi connectivity index (χ2v) is 12.9. The monoisotopic (exact) mass is 648 g/mol. The van der Waals surface area contributed by atoms with E-state index < -0.39 is 0 Å². The minimum absolute atomic E-state index is 0.00197. The molecule has 48 heavy (non-hydrogen) atoms. The normalized spacial score (nSPS) is 15.9. The molecule has 0 N–H and O–H groups in total. The molecule has 1 aliphatic heterocycles. The first-order chi connectivity index (χ1) is 23.5. The van der Waals surface area contributed by atoms with Crippen LogP contribution in [0, 0.1) is 0 Å². The second-order valence-electron chi connectivity index (χ2n) is 12.9. The molecule has 3 heterocycles. The maximum Gasteiger partial charge on any atom is 0.220 e. The first-order valence-electron chi connectivity index (χ1n) is 17.2. The highest BCUT2D eigenvalue weighted by Crippen LogP contribution is 2.35. The van der Waals surface area contributed by atoms with Crippen LogP contribution in [0.1, 0.15) is 85.6 Å². The highest BCUT2D eigenvalue weighted by Gasteiger charge is 2.29. The standard InChI is InChI=1S/C39H48N6O3/c1-5-36-38-40-35(23-30-14-8-6-9-15-30)39(48-38)44(24-31-16-10-7-11-17-31)26-34-27-45(42-41-34)21-13-12-20-43(36)25-32-18-19-37(47-29(2)3)33(22-32)28-46-4/h6-11,14-19,22,27,29,36H,5,12-13,20-21,23-26,28H2,1-4H3. The van der Waals surface area contributed by atoms with E-state index in [-0.39, 0.29) is 12.1 Å². The zero-order chi connectivity index (χ0) is 33.3. The summed E-state index contributed by atoms with van der Waals surface area (Å²) in [5, 5.41) is 9.05. The Morgan fingerprint density at radius 3 is 2.38 bits per heavy atom. The molecule has 2 aromatic heterocycles. The summed E-state index contributed by atoms with van der Waals surface area (Å²) < 4.78 is 20.6. The van der Waals surface area contributed by atoms with Gasteiger partial charge in [0, 0.05) is 38.7 Å². The number of methoxy groups -OCH3 is 1. The molecule has 0 saturated heterocycles. The molecule has 4 bridgehead atoms. The number of benzene rings is 3. The van der Waals surface area contributed by atoms with Crippen molar-refractivity contribution in [1.29, 1.82) is 0 Å². The van der Waals surface area contributed by atoms with Crippen LogP contribution in [0.5, 0.6) is 5.75 Å². The Kier molecular flexibility index (Phi) is 11.2. The molecule has 0 spiro atoms. The van der Waals surface area contributed by atoms with Crippen LogP contribution in [-0.4, -0.2) is 44.6 Å². The number of aryl methyl sites for hydroxylation is 1. The Bertz CT molecular complexity index is 1720. The van der Waals surface area contributed by atoms with Crippen LogP contribution < -0.4 is 9.64 Å². The second kappa shape index (κ2) is 16.1. The van der Waals surface area contributed by atoms with Crippen molar-refractivity contribution < 1.29 is 13.9 Å². The molecule has 1 aliphatic rings. The molecule has 5 aromatic rings. The molecule has 0 amide bonds. The molecule has 0 radical (unpaired) electrons. The van der Waals surface area contributed by atoms with Crippen LogP contribution in [0.25, 0.3) is 0 Å². The van der Waals surface area contributed by atoms with Gasteiger partial charge in [0.1, 0.15) is 17.1 Å². The van der Waals surface area contributed by atoms with Gasteiger partial charge >= 0.3 is 0 Å². The van der Waals surface area contributed by atoms with Gasteiger partial charge in [0.05, 0.1) is 31.5 Å². The molecular formula is C39H48N6O3.